The fourth-order valence-electron chi connectivity index (χ4n) is 1.75. The van der Waals surface area contributed by atoms with Gasteiger partial charge in [-0.2, -0.15) is 10.4 Å². The molecule has 15 heavy (non-hydrogen) atoms. The normalized spacial score (nSPS) is 15.7. The monoisotopic (exact) mass is 205 g/mol. The van der Waals surface area contributed by atoms with Crippen LogP contribution in [0.15, 0.2) is 6.20 Å². The second-order valence-corrected chi connectivity index (χ2v) is 3.80. The zero-order chi connectivity index (χ0) is 10.8. The number of nitrogens with zero attached hydrogens (tertiary/aromatic N) is 3. The maximum absolute atomic E-state index is 10.9. The summed E-state index contributed by atoms with van der Waals surface area (Å²) in [5.41, 5.74) is 0.159. The Labute approximate surface area is 86.9 Å². The Kier molecular flexibility index (Phi) is 2.42. The highest BCUT2D eigenvalue weighted by Crippen LogP contribution is 2.28. The van der Waals surface area contributed by atoms with Crippen molar-refractivity contribution in [1.82, 2.24) is 9.78 Å². The van der Waals surface area contributed by atoms with Gasteiger partial charge in [-0.3, -0.25) is 4.68 Å². The fraction of sp³-hybridized carbons (Fsp3) is 0.500. The van der Waals surface area contributed by atoms with Gasteiger partial charge >= 0.3 is 5.97 Å². The summed E-state index contributed by atoms with van der Waals surface area (Å²) in [6.45, 7) is 0.614. The third-order valence-corrected chi connectivity index (χ3v) is 2.82. The second kappa shape index (κ2) is 3.73. The van der Waals surface area contributed by atoms with Crippen molar-refractivity contribution in [2.24, 2.45) is 5.92 Å². The molecule has 1 aliphatic carbocycles. The predicted molar refractivity (Wildman–Crippen MR) is 51.2 cm³/mol. The van der Waals surface area contributed by atoms with E-state index in [2.05, 4.69) is 5.10 Å². The lowest BCUT2D eigenvalue weighted by atomic mass is 9.85. The Hall–Kier alpha value is -1.83. The molecule has 1 N–H and O–H groups in total. The molecule has 0 amide bonds. The average molecular weight is 205 g/mol. The van der Waals surface area contributed by atoms with Gasteiger partial charge in [-0.25, -0.2) is 4.79 Å². The Morgan fingerprint density at radius 2 is 2.47 bits per heavy atom. The van der Waals surface area contributed by atoms with E-state index in [0.29, 0.717) is 12.5 Å². The van der Waals surface area contributed by atoms with Crippen LogP contribution in [0.3, 0.4) is 0 Å². The number of aromatic nitrogens is 2. The van der Waals surface area contributed by atoms with Crippen LogP contribution in [0.5, 0.6) is 0 Å². The molecule has 78 valence electrons. The van der Waals surface area contributed by atoms with E-state index in [1.807, 2.05) is 6.07 Å². The summed E-state index contributed by atoms with van der Waals surface area (Å²) in [6, 6.07) is 1.84. The van der Waals surface area contributed by atoms with Gasteiger partial charge in [0.25, 0.3) is 0 Å². The lowest BCUT2D eigenvalue weighted by Gasteiger charge is -2.25. The van der Waals surface area contributed by atoms with E-state index in [0.717, 1.165) is 12.8 Å². The van der Waals surface area contributed by atoms with Crippen LogP contribution >= 0.6 is 0 Å². The van der Waals surface area contributed by atoms with E-state index >= 15 is 0 Å². The summed E-state index contributed by atoms with van der Waals surface area (Å²) >= 11 is 0. The van der Waals surface area contributed by atoms with Gasteiger partial charge in [0.15, 0.2) is 5.69 Å². The van der Waals surface area contributed by atoms with Gasteiger partial charge in [0.2, 0.25) is 0 Å². The van der Waals surface area contributed by atoms with Crippen LogP contribution in [0.2, 0.25) is 0 Å². The van der Waals surface area contributed by atoms with E-state index in [1.54, 1.807) is 0 Å². The molecule has 1 aromatic heterocycles. The van der Waals surface area contributed by atoms with Crippen LogP contribution in [0.1, 0.15) is 35.3 Å². The molecule has 0 atom stereocenters. The van der Waals surface area contributed by atoms with Crippen LogP contribution in [-0.4, -0.2) is 20.9 Å². The zero-order valence-electron chi connectivity index (χ0n) is 8.18. The number of aromatic carboxylic acids is 1. The first kappa shape index (κ1) is 9.71. The highest BCUT2D eigenvalue weighted by atomic mass is 16.4. The minimum atomic E-state index is -1.08. The molecule has 2 rings (SSSR count). The van der Waals surface area contributed by atoms with Gasteiger partial charge in [0.1, 0.15) is 11.6 Å². The van der Waals surface area contributed by atoms with Crippen LogP contribution in [0, 0.1) is 17.2 Å². The molecule has 5 nitrogen and oxygen atoms in total. The second-order valence-electron chi connectivity index (χ2n) is 3.80. The molecule has 0 radical (unpaired) electrons. The third-order valence-electron chi connectivity index (χ3n) is 2.82. The van der Waals surface area contributed by atoms with Crippen molar-refractivity contribution in [2.45, 2.75) is 25.8 Å². The Morgan fingerprint density at radius 3 is 2.93 bits per heavy atom. The summed E-state index contributed by atoms with van der Waals surface area (Å²) in [6.07, 6.45) is 4.78. The van der Waals surface area contributed by atoms with E-state index in [-0.39, 0.29) is 11.3 Å². The first-order chi connectivity index (χ1) is 7.22. The maximum atomic E-state index is 10.9. The quantitative estimate of drug-likeness (QED) is 0.805. The Morgan fingerprint density at radius 1 is 1.73 bits per heavy atom. The van der Waals surface area contributed by atoms with E-state index in [1.165, 1.54) is 17.3 Å². The minimum absolute atomic E-state index is 0.0180. The average Bonchev–Trinajstić information content (AvgIpc) is 2.54. The molecular weight excluding hydrogens is 194 g/mol. The Bertz CT molecular complexity index is 426. The van der Waals surface area contributed by atoms with Gasteiger partial charge in [-0.15, -0.1) is 0 Å². The van der Waals surface area contributed by atoms with Crippen molar-refractivity contribution in [3.63, 3.8) is 0 Å². The number of hydrogen-bond acceptors (Lipinski definition) is 3. The van der Waals surface area contributed by atoms with Gasteiger partial charge in [0.05, 0.1) is 6.20 Å². The molecule has 1 aromatic rings. The molecule has 0 aliphatic heterocycles. The number of carboxylic acid groups (broad SMARTS) is 1. The number of nitriles is 1. The Balaban J connectivity index is 2.26. The zero-order valence-corrected chi connectivity index (χ0v) is 8.18. The number of carbonyl (C=O) groups is 1. The summed E-state index contributed by atoms with van der Waals surface area (Å²) in [7, 11) is 0. The summed E-state index contributed by atoms with van der Waals surface area (Å²) in [5, 5.41) is 21.6. The molecule has 5 heteroatoms. The van der Waals surface area contributed by atoms with Crippen molar-refractivity contribution >= 4 is 5.97 Å². The maximum Gasteiger partial charge on any atom is 0.355 e. The smallest absolute Gasteiger partial charge is 0.355 e. The lowest BCUT2D eigenvalue weighted by molar-refractivity contribution is 0.0679. The largest absolute Gasteiger partial charge is 0.476 e. The summed E-state index contributed by atoms with van der Waals surface area (Å²) in [5.74, 6) is -0.557. The number of carboxylic acids is 1. The number of hydrogen-bond donors (Lipinski definition) is 1. The van der Waals surface area contributed by atoms with Crippen molar-refractivity contribution in [2.75, 3.05) is 0 Å². The van der Waals surface area contributed by atoms with E-state index in [4.69, 9.17) is 10.4 Å². The first-order valence-electron chi connectivity index (χ1n) is 4.91. The fourth-order valence-corrected chi connectivity index (χ4v) is 1.75. The van der Waals surface area contributed by atoms with Gasteiger partial charge in [0, 0.05) is 6.54 Å². The van der Waals surface area contributed by atoms with Crippen LogP contribution in [-0.2, 0) is 6.54 Å². The molecular formula is C10H11N3O2. The molecule has 0 aromatic carbocycles. The van der Waals surface area contributed by atoms with Gasteiger partial charge in [-0.1, -0.05) is 6.42 Å². The third kappa shape index (κ3) is 1.71. The highest BCUT2D eigenvalue weighted by molar-refractivity contribution is 5.88. The van der Waals surface area contributed by atoms with Crippen molar-refractivity contribution in [3.05, 3.63) is 17.5 Å². The van der Waals surface area contributed by atoms with Crippen LogP contribution in [0.25, 0.3) is 0 Å². The predicted octanol–water partition coefficient (Wildman–Crippen LogP) is 1.25. The highest BCUT2D eigenvalue weighted by Gasteiger charge is 2.23. The van der Waals surface area contributed by atoms with Gasteiger partial charge < -0.3 is 5.11 Å². The molecule has 1 aliphatic rings. The first-order valence-corrected chi connectivity index (χ1v) is 4.91. The van der Waals surface area contributed by atoms with Gasteiger partial charge in [-0.05, 0) is 18.8 Å². The topological polar surface area (TPSA) is 78.9 Å². The van der Waals surface area contributed by atoms with Crippen molar-refractivity contribution in [3.8, 4) is 6.07 Å². The molecule has 0 unspecified atom stereocenters. The summed E-state index contributed by atoms with van der Waals surface area (Å²) in [4.78, 5) is 10.9. The standard InChI is InChI=1S/C10H11N3O2/c11-4-8-5-12-13(9(8)10(14)15)6-7-2-1-3-7/h5,7H,1-3,6H2,(H,14,15). The minimum Gasteiger partial charge on any atom is -0.476 e. The summed E-state index contributed by atoms with van der Waals surface area (Å²) < 4.78 is 1.44. The van der Waals surface area contributed by atoms with E-state index < -0.39 is 5.97 Å². The lowest BCUT2D eigenvalue weighted by Crippen LogP contribution is -2.21. The molecule has 0 saturated heterocycles. The van der Waals surface area contributed by atoms with Crippen LogP contribution < -0.4 is 0 Å². The van der Waals surface area contributed by atoms with Crippen LogP contribution in [0.4, 0.5) is 0 Å². The number of rotatable bonds is 3. The van der Waals surface area contributed by atoms with Crippen molar-refractivity contribution < 1.29 is 9.90 Å². The van der Waals surface area contributed by atoms with Crippen molar-refractivity contribution in [1.29, 1.82) is 5.26 Å². The molecule has 0 bridgehead atoms. The van der Waals surface area contributed by atoms with E-state index in [9.17, 15) is 4.79 Å². The molecule has 1 heterocycles. The molecule has 1 fully saturated rings. The molecule has 1 saturated carbocycles. The SMILES string of the molecule is N#Cc1cnn(CC2CCC2)c1C(=O)O. The molecule has 0 spiro atoms.